The molecule has 3 heteroatoms. The van der Waals surface area contributed by atoms with Crippen molar-refractivity contribution in [2.24, 2.45) is 5.92 Å². The minimum atomic E-state index is 0.340. The van der Waals surface area contributed by atoms with Crippen LogP contribution in [0.4, 0.5) is 0 Å². The zero-order valence-electron chi connectivity index (χ0n) is 12.3. The number of benzene rings is 1. The molecule has 0 saturated carbocycles. The smallest absolute Gasteiger partial charge is 0.152 e. The first-order valence-electron chi connectivity index (χ1n) is 7.21. The number of thioether (sulfide) groups is 1. The Kier molecular flexibility index (Phi) is 5.94. The molecule has 106 valence electrons. The summed E-state index contributed by atoms with van der Waals surface area (Å²) in [6, 6.07) is 8.32. The van der Waals surface area contributed by atoms with Crippen LogP contribution in [0.15, 0.2) is 28.6 Å². The van der Waals surface area contributed by atoms with Crippen LogP contribution in [0.1, 0.15) is 40.0 Å². The molecule has 0 radical (unpaired) electrons. The fourth-order valence-electron chi connectivity index (χ4n) is 1.78. The summed E-state index contributed by atoms with van der Waals surface area (Å²) in [6.07, 6.45) is 3.43. The van der Waals surface area contributed by atoms with E-state index in [-0.39, 0.29) is 0 Å². The maximum Gasteiger partial charge on any atom is 0.152 e. The Labute approximate surface area is 130 Å². The molecule has 0 bridgehead atoms. The molecule has 0 aliphatic heterocycles. The van der Waals surface area contributed by atoms with Gasteiger partial charge in [0.05, 0.1) is 15.5 Å². The van der Waals surface area contributed by atoms with Crippen LogP contribution in [0, 0.1) is 17.8 Å². The molecule has 0 fully saturated rings. The third-order valence-corrected chi connectivity index (χ3v) is 5.59. The number of nitrogens with zero attached hydrogens (tertiary/aromatic N) is 1. The third-order valence-electron chi connectivity index (χ3n) is 3.01. The molecule has 20 heavy (non-hydrogen) atoms. The standard InChI is InChI=1S/C17H21NS2/c1-4-5-6-7-11-15(13(2)3)19-17-18-14-10-8-9-12-16(14)20-17/h8-10,12-13,15H,4-6H2,1-3H3. The number of hydrogen-bond donors (Lipinski definition) is 0. The van der Waals surface area contributed by atoms with Crippen molar-refractivity contribution < 1.29 is 0 Å². The molecule has 1 aromatic carbocycles. The molecule has 1 heterocycles. The molecule has 1 unspecified atom stereocenters. The van der Waals surface area contributed by atoms with E-state index < -0.39 is 0 Å². The van der Waals surface area contributed by atoms with E-state index in [1.807, 2.05) is 17.8 Å². The number of rotatable bonds is 5. The van der Waals surface area contributed by atoms with Gasteiger partial charge in [-0.15, -0.1) is 17.3 Å². The highest BCUT2D eigenvalue weighted by Crippen LogP contribution is 2.34. The third kappa shape index (κ3) is 4.26. The van der Waals surface area contributed by atoms with E-state index in [2.05, 4.69) is 50.8 Å². The Morgan fingerprint density at radius 3 is 2.80 bits per heavy atom. The van der Waals surface area contributed by atoms with E-state index in [0.29, 0.717) is 11.2 Å². The lowest BCUT2D eigenvalue weighted by atomic mass is 10.1. The molecule has 0 amide bonds. The van der Waals surface area contributed by atoms with Gasteiger partial charge in [-0.25, -0.2) is 4.98 Å². The van der Waals surface area contributed by atoms with Gasteiger partial charge in [0.15, 0.2) is 4.34 Å². The van der Waals surface area contributed by atoms with Crippen LogP contribution >= 0.6 is 23.1 Å². The van der Waals surface area contributed by atoms with Crippen LogP contribution in [0.3, 0.4) is 0 Å². The summed E-state index contributed by atoms with van der Waals surface area (Å²) in [6.45, 7) is 6.68. The maximum absolute atomic E-state index is 4.69. The lowest BCUT2D eigenvalue weighted by Crippen LogP contribution is -2.08. The fourth-order valence-corrected chi connectivity index (χ4v) is 4.03. The molecule has 1 atom stereocenters. The van der Waals surface area contributed by atoms with Gasteiger partial charge < -0.3 is 0 Å². The van der Waals surface area contributed by atoms with Crippen molar-refractivity contribution in [2.45, 2.75) is 49.6 Å². The molecule has 0 aliphatic rings. The van der Waals surface area contributed by atoms with Gasteiger partial charge in [-0.1, -0.05) is 57.0 Å². The number of unbranched alkanes of at least 4 members (excludes halogenated alkanes) is 2. The van der Waals surface area contributed by atoms with Crippen molar-refractivity contribution >= 4 is 33.3 Å². The van der Waals surface area contributed by atoms with Crippen molar-refractivity contribution in [2.75, 3.05) is 0 Å². The molecule has 1 aromatic heterocycles. The number of aromatic nitrogens is 1. The Morgan fingerprint density at radius 2 is 2.10 bits per heavy atom. The second-order valence-corrected chi connectivity index (χ2v) is 7.57. The van der Waals surface area contributed by atoms with Crippen molar-refractivity contribution in [3.8, 4) is 11.8 Å². The summed E-state index contributed by atoms with van der Waals surface area (Å²) in [5, 5.41) is 0.340. The molecule has 1 nitrogen and oxygen atoms in total. The second-order valence-electron chi connectivity index (χ2n) is 5.15. The van der Waals surface area contributed by atoms with Gasteiger partial charge in [0, 0.05) is 6.42 Å². The van der Waals surface area contributed by atoms with E-state index >= 15 is 0 Å². The van der Waals surface area contributed by atoms with Gasteiger partial charge in [0.25, 0.3) is 0 Å². The first-order valence-corrected chi connectivity index (χ1v) is 8.91. The lowest BCUT2D eigenvalue weighted by Gasteiger charge is -2.11. The van der Waals surface area contributed by atoms with Gasteiger partial charge in [0.2, 0.25) is 0 Å². The van der Waals surface area contributed by atoms with Crippen molar-refractivity contribution in [1.29, 1.82) is 0 Å². The van der Waals surface area contributed by atoms with E-state index in [1.165, 1.54) is 17.5 Å². The topological polar surface area (TPSA) is 12.9 Å². The monoisotopic (exact) mass is 303 g/mol. The van der Waals surface area contributed by atoms with Gasteiger partial charge in [0.1, 0.15) is 0 Å². The minimum Gasteiger partial charge on any atom is -0.230 e. The normalized spacial score (nSPS) is 12.4. The molecule has 0 aliphatic carbocycles. The zero-order valence-corrected chi connectivity index (χ0v) is 14.0. The predicted molar refractivity (Wildman–Crippen MR) is 91.4 cm³/mol. The fraction of sp³-hybridized carbons (Fsp3) is 0.471. The highest BCUT2D eigenvalue weighted by Gasteiger charge is 2.14. The van der Waals surface area contributed by atoms with Crippen molar-refractivity contribution in [3.63, 3.8) is 0 Å². The summed E-state index contributed by atoms with van der Waals surface area (Å²) in [5.41, 5.74) is 1.10. The van der Waals surface area contributed by atoms with Gasteiger partial charge in [-0.3, -0.25) is 0 Å². The number of fused-ring (bicyclic) bond motifs is 1. The highest BCUT2D eigenvalue weighted by atomic mass is 32.2. The average molecular weight is 303 g/mol. The van der Waals surface area contributed by atoms with Gasteiger partial charge in [-0.2, -0.15) is 0 Å². The summed E-state index contributed by atoms with van der Waals surface area (Å²) < 4.78 is 2.39. The highest BCUT2D eigenvalue weighted by molar-refractivity contribution is 8.01. The molecule has 2 rings (SSSR count). The largest absolute Gasteiger partial charge is 0.230 e. The minimum absolute atomic E-state index is 0.340. The summed E-state index contributed by atoms with van der Waals surface area (Å²) in [5.74, 6) is 7.30. The number of hydrogen-bond acceptors (Lipinski definition) is 3. The Morgan fingerprint density at radius 1 is 1.30 bits per heavy atom. The van der Waals surface area contributed by atoms with Crippen LogP contribution in [0.5, 0.6) is 0 Å². The summed E-state index contributed by atoms with van der Waals surface area (Å²) >= 11 is 3.59. The first kappa shape index (κ1) is 15.4. The summed E-state index contributed by atoms with van der Waals surface area (Å²) in [4.78, 5) is 4.69. The summed E-state index contributed by atoms with van der Waals surface area (Å²) in [7, 11) is 0. The molecule has 0 saturated heterocycles. The molecule has 0 spiro atoms. The SMILES string of the molecule is CCCCC#CC(Sc1nc2ccccc2s1)C(C)C. The van der Waals surface area contributed by atoms with Crippen LogP contribution in [0.2, 0.25) is 0 Å². The molecule has 0 N–H and O–H groups in total. The van der Waals surface area contributed by atoms with Crippen molar-refractivity contribution in [3.05, 3.63) is 24.3 Å². The van der Waals surface area contributed by atoms with E-state index in [9.17, 15) is 0 Å². The van der Waals surface area contributed by atoms with E-state index in [4.69, 9.17) is 4.98 Å². The Balaban J connectivity index is 2.08. The van der Waals surface area contributed by atoms with Crippen LogP contribution in [-0.2, 0) is 0 Å². The van der Waals surface area contributed by atoms with Crippen molar-refractivity contribution in [1.82, 2.24) is 4.98 Å². The predicted octanol–water partition coefficient (Wildman–Crippen LogP) is 5.61. The second kappa shape index (κ2) is 7.71. The van der Waals surface area contributed by atoms with Gasteiger partial charge in [-0.05, 0) is 24.5 Å². The zero-order chi connectivity index (χ0) is 14.4. The van der Waals surface area contributed by atoms with E-state index in [1.54, 1.807) is 11.3 Å². The lowest BCUT2D eigenvalue weighted by molar-refractivity contribution is 0.688. The van der Waals surface area contributed by atoms with E-state index in [0.717, 1.165) is 16.3 Å². The first-order chi connectivity index (χ1) is 9.70. The molecular formula is C17H21NS2. The molecule has 2 aromatic rings. The van der Waals surface area contributed by atoms with Crippen LogP contribution in [-0.4, -0.2) is 10.2 Å². The van der Waals surface area contributed by atoms with Crippen LogP contribution < -0.4 is 0 Å². The number of para-hydroxylation sites is 1. The molecular weight excluding hydrogens is 282 g/mol. The maximum atomic E-state index is 4.69. The Bertz CT molecular complexity index is 571. The Hall–Kier alpha value is -0.980. The van der Waals surface area contributed by atoms with Gasteiger partial charge >= 0.3 is 0 Å². The van der Waals surface area contributed by atoms with Crippen LogP contribution in [0.25, 0.3) is 10.2 Å². The number of thiazole rings is 1. The quantitative estimate of drug-likeness (QED) is 0.405. The average Bonchev–Trinajstić information content (AvgIpc) is 2.84.